The molecule has 0 saturated carbocycles. The molecule has 6 nitrogen and oxygen atoms in total. The molecule has 0 amide bonds. The van der Waals surface area contributed by atoms with Crippen molar-refractivity contribution in [1.82, 2.24) is 20.3 Å². The number of hydrogen-bond acceptors (Lipinski definition) is 6. The molecular formula is C24H20N6. The van der Waals surface area contributed by atoms with E-state index in [9.17, 15) is 0 Å². The molecule has 0 aliphatic heterocycles. The molecule has 1 aromatic carbocycles. The Morgan fingerprint density at radius 2 is 1.83 bits per heavy atom. The SMILES string of the molecule is N#C/C1=C/C=C(/NCCNc2nc(-c3ccncc3)nc3ccccc23)CC=C=C1. The van der Waals surface area contributed by atoms with Crippen molar-refractivity contribution in [3.63, 3.8) is 0 Å². The zero-order chi connectivity index (χ0) is 20.6. The van der Waals surface area contributed by atoms with Gasteiger partial charge in [0.05, 0.1) is 17.2 Å². The van der Waals surface area contributed by atoms with Gasteiger partial charge in [-0.1, -0.05) is 12.1 Å². The first kappa shape index (κ1) is 19.1. The molecule has 1 aliphatic rings. The van der Waals surface area contributed by atoms with Crippen LogP contribution < -0.4 is 10.6 Å². The molecule has 6 heteroatoms. The van der Waals surface area contributed by atoms with Crippen LogP contribution in [0.15, 0.2) is 90.1 Å². The number of para-hydroxylation sites is 1. The Hall–Kier alpha value is -4.20. The number of pyridine rings is 1. The van der Waals surface area contributed by atoms with Gasteiger partial charge < -0.3 is 10.6 Å². The van der Waals surface area contributed by atoms with Crippen molar-refractivity contribution < 1.29 is 0 Å². The first-order chi connectivity index (χ1) is 14.8. The molecule has 0 saturated heterocycles. The summed E-state index contributed by atoms with van der Waals surface area (Å²) in [7, 11) is 0. The summed E-state index contributed by atoms with van der Waals surface area (Å²) < 4.78 is 0. The van der Waals surface area contributed by atoms with Crippen molar-refractivity contribution in [1.29, 1.82) is 5.26 Å². The third-order valence-corrected chi connectivity index (χ3v) is 4.58. The minimum atomic E-state index is 0.583. The monoisotopic (exact) mass is 392 g/mol. The molecule has 0 bridgehead atoms. The minimum absolute atomic E-state index is 0.583. The van der Waals surface area contributed by atoms with Crippen LogP contribution in [0.2, 0.25) is 0 Å². The average molecular weight is 392 g/mol. The third kappa shape index (κ3) is 4.61. The Morgan fingerprint density at radius 3 is 2.70 bits per heavy atom. The van der Waals surface area contributed by atoms with Crippen molar-refractivity contribution in [2.24, 2.45) is 0 Å². The van der Waals surface area contributed by atoms with Crippen LogP contribution in [0.25, 0.3) is 22.3 Å². The summed E-state index contributed by atoms with van der Waals surface area (Å²) in [6.45, 7) is 1.39. The number of nitriles is 1. The second kappa shape index (κ2) is 9.33. The van der Waals surface area contributed by atoms with E-state index in [4.69, 9.17) is 15.2 Å². The summed E-state index contributed by atoms with van der Waals surface area (Å²) in [6.07, 6.45) is 11.6. The van der Waals surface area contributed by atoms with Gasteiger partial charge in [0.1, 0.15) is 5.82 Å². The highest BCUT2D eigenvalue weighted by atomic mass is 15.0. The Bertz CT molecular complexity index is 1210. The molecule has 146 valence electrons. The number of rotatable bonds is 6. The van der Waals surface area contributed by atoms with Crippen LogP contribution in [-0.2, 0) is 0 Å². The van der Waals surface area contributed by atoms with Gasteiger partial charge in [-0.25, -0.2) is 9.97 Å². The second-order valence-electron chi connectivity index (χ2n) is 6.65. The zero-order valence-corrected chi connectivity index (χ0v) is 16.3. The Balaban J connectivity index is 1.48. The summed E-state index contributed by atoms with van der Waals surface area (Å²) in [5.74, 6) is 1.47. The van der Waals surface area contributed by atoms with E-state index in [1.807, 2.05) is 48.6 Å². The molecule has 0 unspecified atom stereocenters. The number of hydrogen-bond donors (Lipinski definition) is 2. The molecular weight excluding hydrogens is 372 g/mol. The topological polar surface area (TPSA) is 86.5 Å². The van der Waals surface area contributed by atoms with Crippen LogP contribution in [0, 0.1) is 11.3 Å². The van der Waals surface area contributed by atoms with Gasteiger partial charge in [-0.05, 0) is 48.6 Å². The lowest BCUT2D eigenvalue weighted by molar-refractivity contribution is 0.795. The number of fused-ring (bicyclic) bond motifs is 1. The summed E-state index contributed by atoms with van der Waals surface area (Å²) in [6, 6.07) is 13.9. The smallest absolute Gasteiger partial charge is 0.162 e. The molecule has 2 heterocycles. The van der Waals surface area contributed by atoms with Gasteiger partial charge in [-0.15, -0.1) is 5.73 Å². The highest BCUT2D eigenvalue weighted by Crippen LogP contribution is 2.24. The number of benzene rings is 1. The van der Waals surface area contributed by atoms with Gasteiger partial charge >= 0.3 is 0 Å². The fourth-order valence-electron chi connectivity index (χ4n) is 3.07. The first-order valence-electron chi connectivity index (χ1n) is 9.70. The number of aromatic nitrogens is 3. The van der Waals surface area contributed by atoms with E-state index in [2.05, 4.69) is 27.4 Å². The molecule has 1 aliphatic carbocycles. The van der Waals surface area contributed by atoms with Crippen LogP contribution in [0.1, 0.15) is 6.42 Å². The average Bonchev–Trinajstić information content (AvgIpc) is 2.78. The summed E-state index contributed by atoms with van der Waals surface area (Å²) in [5, 5.41) is 16.9. The van der Waals surface area contributed by atoms with Crippen LogP contribution in [0.3, 0.4) is 0 Å². The van der Waals surface area contributed by atoms with E-state index in [0.717, 1.165) is 34.4 Å². The van der Waals surface area contributed by atoms with Gasteiger partial charge in [0, 0.05) is 48.6 Å². The predicted octanol–water partition coefficient (Wildman–Crippen LogP) is 4.14. The summed E-state index contributed by atoms with van der Waals surface area (Å²) >= 11 is 0. The van der Waals surface area contributed by atoms with Crippen molar-refractivity contribution in [3.05, 3.63) is 90.1 Å². The molecule has 3 aromatic rings. The third-order valence-electron chi connectivity index (χ3n) is 4.58. The molecule has 2 aromatic heterocycles. The van der Waals surface area contributed by atoms with Gasteiger partial charge in [0.2, 0.25) is 0 Å². The van der Waals surface area contributed by atoms with E-state index in [-0.39, 0.29) is 0 Å². The predicted molar refractivity (Wildman–Crippen MR) is 118 cm³/mol. The van der Waals surface area contributed by atoms with Crippen molar-refractivity contribution in [2.75, 3.05) is 18.4 Å². The fraction of sp³-hybridized carbons (Fsp3) is 0.125. The minimum Gasteiger partial charge on any atom is -0.386 e. The van der Waals surface area contributed by atoms with Crippen LogP contribution in [0.5, 0.6) is 0 Å². The normalized spacial score (nSPS) is 16.5. The maximum atomic E-state index is 9.05. The molecule has 0 radical (unpaired) electrons. The van der Waals surface area contributed by atoms with Gasteiger partial charge in [-0.2, -0.15) is 5.26 Å². The molecule has 30 heavy (non-hydrogen) atoms. The summed E-state index contributed by atoms with van der Waals surface area (Å²) in [4.78, 5) is 13.5. The van der Waals surface area contributed by atoms with Gasteiger partial charge in [-0.3, -0.25) is 4.98 Å². The number of nitrogens with one attached hydrogen (secondary N) is 2. The van der Waals surface area contributed by atoms with E-state index in [1.54, 1.807) is 24.5 Å². The van der Waals surface area contributed by atoms with E-state index < -0.39 is 0 Å². The Kier molecular flexibility index (Phi) is 5.95. The lowest BCUT2D eigenvalue weighted by Gasteiger charge is -2.13. The Labute approximate surface area is 175 Å². The van der Waals surface area contributed by atoms with Crippen molar-refractivity contribution in [2.45, 2.75) is 6.42 Å². The fourth-order valence-corrected chi connectivity index (χ4v) is 3.07. The number of anilines is 1. The molecule has 0 spiro atoms. The zero-order valence-electron chi connectivity index (χ0n) is 16.3. The van der Waals surface area contributed by atoms with Crippen LogP contribution in [0.4, 0.5) is 5.82 Å². The van der Waals surface area contributed by atoms with Gasteiger partial charge in [0.25, 0.3) is 0 Å². The molecule has 0 fully saturated rings. The van der Waals surface area contributed by atoms with Crippen molar-refractivity contribution in [3.8, 4) is 17.5 Å². The van der Waals surface area contributed by atoms with E-state index in [0.29, 0.717) is 24.5 Å². The molecule has 0 atom stereocenters. The van der Waals surface area contributed by atoms with Gasteiger partial charge in [0.15, 0.2) is 5.82 Å². The lowest BCUT2D eigenvalue weighted by Crippen LogP contribution is -2.22. The number of nitrogens with zero attached hydrogens (tertiary/aromatic N) is 4. The standard InChI is InChI=1S/C24H20N6/c25-17-18-5-1-2-6-20(10-9-18)27-15-16-28-24-21-7-3-4-8-22(21)29-23(30-24)19-11-13-26-14-12-19/h2-5,7-14,27H,6,15-16H2,(H,28,29,30)/b18-9+,20-10+. The number of allylic oxidation sites excluding steroid dienone is 4. The lowest BCUT2D eigenvalue weighted by atomic mass is 10.2. The largest absolute Gasteiger partial charge is 0.386 e. The quantitative estimate of drug-likeness (QED) is 0.484. The maximum Gasteiger partial charge on any atom is 0.162 e. The molecule has 2 N–H and O–H groups in total. The van der Waals surface area contributed by atoms with Crippen LogP contribution >= 0.6 is 0 Å². The first-order valence-corrected chi connectivity index (χ1v) is 9.70. The van der Waals surface area contributed by atoms with E-state index in [1.165, 1.54) is 0 Å². The second-order valence-corrected chi connectivity index (χ2v) is 6.65. The molecule has 4 rings (SSSR count). The van der Waals surface area contributed by atoms with E-state index >= 15 is 0 Å². The van der Waals surface area contributed by atoms with Crippen molar-refractivity contribution >= 4 is 16.7 Å². The summed E-state index contributed by atoms with van der Waals surface area (Å²) in [5.41, 5.74) is 6.46. The highest BCUT2D eigenvalue weighted by Gasteiger charge is 2.09. The Morgan fingerprint density at radius 1 is 1.00 bits per heavy atom. The highest BCUT2D eigenvalue weighted by molar-refractivity contribution is 5.90. The van der Waals surface area contributed by atoms with Crippen LogP contribution in [-0.4, -0.2) is 28.0 Å². The maximum absolute atomic E-state index is 9.05.